The highest BCUT2D eigenvalue weighted by molar-refractivity contribution is 6.12. The Morgan fingerprint density at radius 1 is 0.958 bits per heavy atom. The van der Waals surface area contributed by atoms with Crippen LogP contribution in [0.3, 0.4) is 0 Å². The summed E-state index contributed by atoms with van der Waals surface area (Å²) < 4.78 is 0. The highest BCUT2D eigenvalue weighted by Crippen LogP contribution is 2.30. The number of nitrogens with zero attached hydrogens (tertiary/aromatic N) is 1. The molecule has 24 heavy (non-hydrogen) atoms. The van der Waals surface area contributed by atoms with Crippen LogP contribution < -0.4 is 0 Å². The van der Waals surface area contributed by atoms with Crippen LogP contribution in [0, 0.1) is 5.92 Å². The lowest BCUT2D eigenvalue weighted by atomic mass is 9.83. The first kappa shape index (κ1) is 20.4. The molecule has 0 aromatic carbocycles. The molecule has 1 aliphatic carbocycles. The minimum Gasteiger partial charge on any atom is -0.257 e. The number of hydrogen-bond acceptors (Lipinski definition) is 1. The average Bonchev–Trinajstić information content (AvgIpc) is 2.60. The van der Waals surface area contributed by atoms with Gasteiger partial charge >= 0.3 is 0 Å². The first-order valence-electron chi connectivity index (χ1n) is 9.68. The van der Waals surface area contributed by atoms with Gasteiger partial charge < -0.3 is 0 Å². The van der Waals surface area contributed by atoms with Crippen molar-refractivity contribution in [3.8, 4) is 0 Å². The highest BCUT2D eigenvalue weighted by Gasteiger charge is 2.17. The summed E-state index contributed by atoms with van der Waals surface area (Å²) in [6.45, 7) is 12.4. The zero-order valence-electron chi connectivity index (χ0n) is 15.8. The van der Waals surface area contributed by atoms with E-state index in [0.29, 0.717) is 5.92 Å². The Balaban J connectivity index is 2.99. The zero-order chi connectivity index (χ0) is 17.6. The van der Waals surface area contributed by atoms with Gasteiger partial charge in [0.05, 0.1) is 5.71 Å². The molecule has 1 atom stereocenters. The average molecular weight is 326 g/mol. The normalized spacial score (nSPS) is 18.7. The first-order valence-corrected chi connectivity index (χ1v) is 9.68. The van der Waals surface area contributed by atoms with Gasteiger partial charge in [0, 0.05) is 11.8 Å². The van der Waals surface area contributed by atoms with E-state index >= 15 is 0 Å². The fourth-order valence-corrected chi connectivity index (χ4v) is 3.34. The predicted octanol–water partition coefficient (Wildman–Crippen LogP) is 7.35. The van der Waals surface area contributed by atoms with Crippen molar-refractivity contribution in [1.29, 1.82) is 0 Å². The van der Waals surface area contributed by atoms with Crippen LogP contribution in [0.5, 0.6) is 0 Å². The molecular formula is C23H35N. The van der Waals surface area contributed by atoms with Crippen molar-refractivity contribution in [2.75, 3.05) is 0 Å². The van der Waals surface area contributed by atoms with Gasteiger partial charge in [0.25, 0.3) is 0 Å². The van der Waals surface area contributed by atoms with E-state index in [0.717, 1.165) is 5.71 Å². The van der Waals surface area contributed by atoms with E-state index < -0.39 is 0 Å². The fraction of sp³-hybridized carbons (Fsp3) is 0.522. The van der Waals surface area contributed by atoms with Gasteiger partial charge in [-0.05, 0) is 30.4 Å². The fourth-order valence-electron chi connectivity index (χ4n) is 3.34. The van der Waals surface area contributed by atoms with Crippen molar-refractivity contribution in [2.45, 2.75) is 71.6 Å². The molecule has 0 saturated carbocycles. The summed E-state index contributed by atoms with van der Waals surface area (Å²) in [5, 5.41) is 0. The zero-order valence-corrected chi connectivity index (χ0v) is 15.8. The van der Waals surface area contributed by atoms with Gasteiger partial charge in [-0.15, -0.1) is 0 Å². The van der Waals surface area contributed by atoms with E-state index in [1.807, 2.05) is 6.08 Å². The SMILES string of the molecule is C=CN=C1C=CC=C/C1=C(/C=C)C(CCCCC)CCCCCC. The van der Waals surface area contributed by atoms with Crippen LogP contribution in [-0.2, 0) is 0 Å². The monoisotopic (exact) mass is 325 g/mol. The topological polar surface area (TPSA) is 12.4 Å². The maximum Gasteiger partial charge on any atom is 0.0704 e. The van der Waals surface area contributed by atoms with Gasteiger partial charge in [-0.1, -0.05) is 96.3 Å². The highest BCUT2D eigenvalue weighted by atomic mass is 14.7. The quantitative estimate of drug-likeness (QED) is 0.333. The second-order valence-electron chi connectivity index (χ2n) is 6.53. The molecule has 0 aromatic rings. The van der Waals surface area contributed by atoms with Crippen molar-refractivity contribution < 1.29 is 0 Å². The summed E-state index contributed by atoms with van der Waals surface area (Å²) in [5.41, 5.74) is 3.60. The van der Waals surface area contributed by atoms with Crippen LogP contribution in [0.1, 0.15) is 71.6 Å². The van der Waals surface area contributed by atoms with Crippen molar-refractivity contribution in [2.24, 2.45) is 10.9 Å². The lowest BCUT2D eigenvalue weighted by molar-refractivity contribution is 0.464. The van der Waals surface area contributed by atoms with Crippen molar-refractivity contribution >= 4 is 5.71 Å². The third-order valence-electron chi connectivity index (χ3n) is 4.67. The van der Waals surface area contributed by atoms with Gasteiger partial charge in [0.15, 0.2) is 0 Å². The van der Waals surface area contributed by atoms with Crippen LogP contribution >= 0.6 is 0 Å². The lowest BCUT2D eigenvalue weighted by Gasteiger charge is -2.22. The number of allylic oxidation sites excluding steroid dienone is 7. The van der Waals surface area contributed by atoms with Gasteiger partial charge in [-0.25, -0.2) is 0 Å². The third-order valence-corrected chi connectivity index (χ3v) is 4.67. The minimum atomic E-state index is 0.590. The van der Waals surface area contributed by atoms with Gasteiger partial charge in [0.1, 0.15) is 0 Å². The second-order valence-corrected chi connectivity index (χ2v) is 6.53. The second kappa shape index (κ2) is 12.8. The van der Waals surface area contributed by atoms with Crippen molar-refractivity contribution in [3.63, 3.8) is 0 Å². The molecule has 1 nitrogen and oxygen atoms in total. The predicted molar refractivity (Wildman–Crippen MR) is 110 cm³/mol. The summed E-state index contributed by atoms with van der Waals surface area (Å²) >= 11 is 0. The molecule has 0 spiro atoms. The van der Waals surface area contributed by atoms with E-state index in [1.165, 1.54) is 68.9 Å². The van der Waals surface area contributed by atoms with Crippen LogP contribution in [0.15, 0.2) is 65.9 Å². The third kappa shape index (κ3) is 6.86. The molecule has 1 heteroatoms. The summed E-state index contributed by atoms with van der Waals surface area (Å²) in [4.78, 5) is 4.46. The Morgan fingerprint density at radius 2 is 1.58 bits per heavy atom. The summed E-state index contributed by atoms with van der Waals surface area (Å²) in [6, 6.07) is 0. The molecule has 132 valence electrons. The molecule has 0 N–H and O–H groups in total. The number of aliphatic imine (C=N–C) groups is 1. The Kier molecular flexibility index (Phi) is 10.8. The molecule has 0 saturated heterocycles. The van der Waals surface area contributed by atoms with Crippen LogP contribution in [0.2, 0.25) is 0 Å². The van der Waals surface area contributed by atoms with Crippen LogP contribution in [0.4, 0.5) is 0 Å². The molecule has 0 aromatic heterocycles. The van der Waals surface area contributed by atoms with Crippen LogP contribution in [0.25, 0.3) is 0 Å². The van der Waals surface area contributed by atoms with Gasteiger partial charge in [0.2, 0.25) is 0 Å². The molecule has 0 amide bonds. The Labute approximate surface area is 149 Å². The van der Waals surface area contributed by atoms with Gasteiger partial charge in [-0.3, -0.25) is 4.99 Å². The lowest BCUT2D eigenvalue weighted by Crippen LogP contribution is -2.11. The molecule has 0 radical (unpaired) electrons. The minimum absolute atomic E-state index is 0.590. The summed E-state index contributed by atoms with van der Waals surface area (Å²) in [6.07, 6.45) is 23.8. The molecular weight excluding hydrogens is 290 g/mol. The maximum atomic E-state index is 4.46. The standard InChI is InChI=1S/C23H35N/c1-5-9-11-13-17-20(16-12-10-6-2)21(7-3)22-18-14-15-19-23(22)24-8-4/h7-8,14-15,18-20H,3-6,9-13,16-17H2,1-2H3/b22-21+,24-23?. The Morgan fingerprint density at radius 3 is 2.21 bits per heavy atom. The maximum absolute atomic E-state index is 4.46. The molecule has 1 rings (SSSR count). The van der Waals surface area contributed by atoms with E-state index in [4.69, 9.17) is 0 Å². The Hall–Kier alpha value is -1.63. The smallest absolute Gasteiger partial charge is 0.0704 e. The van der Waals surface area contributed by atoms with E-state index in [9.17, 15) is 0 Å². The van der Waals surface area contributed by atoms with E-state index in [2.05, 4.69) is 56.3 Å². The molecule has 0 heterocycles. The van der Waals surface area contributed by atoms with Crippen molar-refractivity contribution in [3.05, 3.63) is 60.9 Å². The van der Waals surface area contributed by atoms with Gasteiger partial charge in [-0.2, -0.15) is 0 Å². The molecule has 0 bridgehead atoms. The van der Waals surface area contributed by atoms with Crippen LogP contribution in [-0.4, -0.2) is 5.71 Å². The number of hydrogen-bond donors (Lipinski definition) is 0. The summed E-state index contributed by atoms with van der Waals surface area (Å²) in [5.74, 6) is 0.590. The van der Waals surface area contributed by atoms with Crippen molar-refractivity contribution in [1.82, 2.24) is 0 Å². The first-order chi connectivity index (χ1) is 11.8. The van der Waals surface area contributed by atoms with E-state index in [-0.39, 0.29) is 0 Å². The summed E-state index contributed by atoms with van der Waals surface area (Å²) in [7, 11) is 0. The number of rotatable bonds is 12. The molecule has 1 unspecified atom stereocenters. The molecule has 1 aliphatic rings. The molecule has 0 aliphatic heterocycles. The molecule has 0 fully saturated rings. The number of unbranched alkanes of at least 4 members (excludes halogenated alkanes) is 5. The van der Waals surface area contributed by atoms with E-state index in [1.54, 1.807) is 6.20 Å². The largest absolute Gasteiger partial charge is 0.257 e. The Bertz CT molecular complexity index is 502.